The first-order chi connectivity index (χ1) is 9.21. The van der Waals surface area contributed by atoms with Gasteiger partial charge in [-0.1, -0.05) is 6.92 Å². The zero-order valence-corrected chi connectivity index (χ0v) is 10.6. The molecule has 0 aliphatic rings. The molecule has 0 radical (unpaired) electrons. The highest BCUT2D eigenvalue weighted by Gasteiger charge is 2.36. The molecule has 1 atom stereocenters. The molecule has 1 aromatic rings. The summed E-state index contributed by atoms with van der Waals surface area (Å²) in [5.41, 5.74) is -1.84. The SMILES string of the molecule is CC(CNC(=O)c1cccnc1C(F)(F)F)CC(=O)O. The van der Waals surface area contributed by atoms with Crippen molar-refractivity contribution in [1.29, 1.82) is 0 Å². The highest BCUT2D eigenvalue weighted by Crippen LogP contribution is 2.29. The number of carboxylic acid groups (broad SMARTS) is 1. The van der Waals surface area contributed by atoms with Crippen LogP contribution in [0.15, 0.2) is 18.3 Å². The maximum Gasteiger partial charge on any atom is 0.434 e. The van der Waals surface area contributed by atoms with Gasteiger partial charge >= 0.3 is 12.1 Å². The van der Waals surface area contributed by atoms with Crippen LogP contribution in [0.25, 0.3) is 0 Å². The van der Waals surface area contributed by atoms with E-state index in [2.05, 4.69) is 10.3 Å². The van der Waals surface area contributed by atoms with Crippen LogP contribution in [-0.4, -0.2) is 28.5 Å². The van der Waals surface area contributed by atoms with Crippen molar-refractivity contribution in [2.75, 3.05) is 6.54 Å². The van der Waals surface area contributed by atoms with Crippen LogP contribution in [0.4, 0.5) is 13.2 Å². The van der Waals surface area contributed by atoms with Gasteiger partial charge in [-0.2, -0.15) is 13.2 Å². The largest absolute Gasteiger partial charge is 0.481 e. The van der Waals surface area contributed by atoms with Gasteiger partial charge in [-0.15, -0.1) is 0 Å². The van der Waals surface area contributed by atoms with Crippen molar-refractivity contribution in [2.45, 2.75) is 19.5 Å². The lowest BCUT2D eigenvalue weighted by Crippen LogP contribution is -2.31. The first kappa shape index (κ1) is 15.9. The summed E-state index contributed by atoms with van der Waals surface area (Å²) in [4.78, 5) is 25.3. The molecule has 110 valence electrons. The van der Waals surface area contributed by atoms with Gasteiger partial charge in [-0.05, 0) is 18.1 Å². The number of aromatic nitrogens is 1. The molecule has 0 bridgehead atoms. The first-order valence-electron chi connectivity index (χ1n) is 5.74. The minimum absolute atomic E-state index is 0.0304. The number of halogens is 3. The predicted molar refractivity (Wildman–Crippen MR) is 63.0 cm³/mol. The van der Waals surface area contributed by atoms with Gasteiger partial charge in [0.15, 0.2) is 5.69 Å². The third-order valence-corrected chi connectivity index (χ3v) is 2.46. The van der Waals surface area contributed by atoms with Gasteiger partial charge in [0.05, 0.1) is 5.56 Å². The summed E-state index contributed by atoms with van der Waals surface area (Å²) in [7, 11) is 0. The summed E-state index contributed by atoms with van der Waals surface area (Å²) in [5.74, 6) is -2.35. The Kier molecular flexibility index (Phi) is 5.06. The standard InChI is InChI=1S/C12H13F3N2O3/c1-7(5-9(18)19)6-17-11(20)8-3-2-4-16-10(8)12(13,14)15/h2-4,7H,5-6H2,1H3,(H,17,20)(H,18,19). The van der Waals surface area contributed by atoms with Crippen LogP contribution < -0.4 is 5.32 Å². The van der Waals surface area contributed by atoms with Crippen molar-refractivity contribution in [3.05, 3.63) is 29.6 Å². The number of carbonyl (C=O) groups is 2. The summed E-state index contributed by atoms with van der Waals surface area (Å²) in [6.07, 6.45) is -3.95. The number of hydrogen-bond acceptors (Lipinski definition) is 3. The molecule has 5 nitrogen and oxygen atoms in total. The van der Waals surface area contributed by atoms with Gasteiger partial charge in [0.2, 0.25) is 0 Å². The van der Waals surface area contributed by atoms with Crippen molar-refractivity contribution >= 4 is 11.9 Å². The van der Waals surface area contributed by atoms with E-state index in [4.69, 9.17) is 5.11 Å². The average Bonchev–Trinajstić information content (AvgIpc) is 2.34. The number of nitrogens with one attached hydrogen (secondary N) is 1. The summed E-state index contributed by atoms with van der Waals surface area (Å²) in [6.45, 7) is 1.54. The Morgan fingerprint density at radius 2 is 2.10 bits per heavy atom. The maximum atomic E-state index is 12.7. The van der Waals surface area contributed by atoms with Crippen LogP contribution >= 0.6 is 0 Å². The number of alkyl halides is 3. The zero-order valence-electron chi connectivity index (χ0n) is 10.6. The van der Waals surface area contributed by atoms with E-state index < -0.39 is 29.3 Å². The smallest absolute Gasteiger partial charge is 0.434 e. The van der Waals surface area contributed by atoms with Crippen LogP contribution in [0.5, 0.6) is 0 Å². The summed E-state index contributed by atoms with van der Waals surface area (Å²) < 4.78 is 38.0. The fourth-order valence-corrected chi connectivity index (χ4v) is 1.55. The fourth-order valence-electron chi connectivity index (χ4n) is 1.55. The van der Waals surface area contributed by atoms with Crippen molar-refractivity contribution in [3.63, 3.8) is 0 Å². The van der Waals surface area contributed by atoms with Crippen molar-refractivity contribution < 1.29 is 27.9 Å². The third kappa shape index (κ3) is 4.52. The molecule has 0 saturated heterocycles. The number of hydrogen-bond donors (Lipinski definition) is 2. The molecule has 1 amide bonds. The fraction of sp³-hybridized carbons (Fsp3) is 0.417. The van der Waals surface area contributed by atoms with E-state index in [0.29, 0.717) is 0 Å². The van der Waals surface area contributed by atoms with Crippen LogP contribution in [-0.2, 0) is 11.0 Å². The summed E-state index contributed by atoms with van der Waals surface area (Å²) in [6, 6.07) is 2.25. The Bertz CT molecular complexity index is 503. The van der Waals surface area contributed by atoms with Crippen molar-refractivity contribution in [1.82, 2.24) is 10.3 Å². The molecular formula is C12H13F3N2O3. The minimum Gasteiger partial charge on any atom is -0.481 e. The molecule has 1 heterocycles. The van der Waals surface area contributed by atoms with E-state index in [1.54, 1.807) is 6.92 Å². The van der Waals surface area contributed by atoms with Gasteiger partial charge in [0.1, 0.15) is 0 Å². The number of carbonyl (C=O) groups excluding carboxylic acids is 1. The molecule has 0 saturated carbocycles. The Morgan fingerprint density at radius 1 is 1.45 bits per heavy atom. The lowest BCUT2D eigenvalue weighted by molar-refractivity contribution is -0.141. The number of carboxylic acids is 1. The Balaban J connectivity index is 2.76. The first-order valence-corrected chi connectivity index (χ1v) is 5.74. The molecule has 0 fully saturated rings. The minimum atomic E-state index is -4.72. The predicted octanol–water partition coefficient (Wildman–Crippen LogP) is 1.94. The van der Waals surface area contributed by atoms with Crippen molar-refractivity contribution in [2.24, 2.45) is 5.92 Å². The number of pyridine rings is 1. The Hall–Kier alpha value is -2.12. The van der Waals surface area contributed by atoms with Crippen molar-refractivity contribution in [3.8, 4) is 0 Å². The monoisotopic (exact) mass is 290 g/mol. The van der Waals surface area contributed by atoms with E-state index >= 15 is 0 Å². The van der Waals surface area contributed by atoms with E-state index in [1.807, 2.05) is 0 Å². The Morgan fingerprint density at radius 3 is 2.65 bits per heavy atom. The molecule has 8 heteroatoms. The molecule has 1 rings (SSSR count). The molecule has 0 aliphatic carbocycles. The van der Waals surface area contributed by atoms with E-state index in [9.17, 15) is 22.8 Å². The van der Waals surface area contributed by atoms with Crippen LogP contribution in [0.1, 0.15) is 29.4 Å². The van der Waals surface area contributed by atoms with Gasteiger partial charge in [0, 0.05) is 19.2 Å². The summed E-state index contributed by atoms with van der Waals surface area (Å²) in [5, 5.41) is 10.8. The molecule has 0 aromatic carbocycles. The molecular weight excluding hydrogens is 277 g/mol. The van der Waals surface area contributed by atoms with Gasteiger partial charge in [-0.25, -0.2) is 0 Å². The molecule has 0 spiro atoms. The highest BCUT2D eigenvalue weighted by atomic mass is 19.4. The Labute approximate surface area is 112 Å². The topological polar surface area (TPSA) is 79.3 Å². The zero-order chi connectivity index (χ0) is 15.3. The second-order valence-corrected chi connectivity index (χ2v) is 4.31. The van der Waals surface area contributed by atoms with Gasteiger partial charge in [-0.3, -0.25) is 14.6 Å². The number of rotatable bonds is 5. The normalized spacial score (nSPS) is 12.8. The quantitative estimate of drug-likeness (QED) is 0.868. The van der Waals surface area contributed by atoms with E-state index in [-0.39, 0.29) is 18.9 Å². The average molecular weight is 290 g/mol. The molecule has 0 aliphatic heterocycles. The van der Waals surface area contributed by atoms with Crippen LogP contribution in [0, 0.1) is 5.92 Å². The molecule has 20 heavy (non-hydrogen) atoms. The number of nitrogens with zero attached hydrogens (tertiary/aromatic N) is 1. The highest BCUT2D eigenvalue weighted by molar-refractivity contribution is 5.95. The molecule has 1 aromatic heterocycles. The molecule has 1 unspecified atom stereocenters. The van der Waals surface area contributed by atoms with Gasteiger partial charge < -0.3 is 10.4 Å². The van der Waals surface area contributed by atoms with E-state index in [1.165, 1.54) is 6.07 Å². The van der Waals surface area contributed by atoms with Crippen LogP contribution in [0.3, 0.4) is 0 Å². The maximum absolute atomic E-state index is 12.7. The third-order valence-electron chi connectivity index (χ3n) is 2.46. The van der Waals surface area contributed by atoms with Crippen LogP contribution in [0.2, 0.25) is 0 Å². The number of aliphatic carboxylic acids is 1. The second-order valence-electron chi connectivity index (χ2n) is 4.31. The second kappa shape index (κ2) is 6.36. The molecule has 2 N–H and O–H groups in total. The summed E-state index contributed by atoms with van der Waals surface area (Å²) >= 11 is 0. The lowest BCUT2D eigenvalue weighted by Gasteiger charge is -2.13. The lowest BCUT2D eigenvalue weighted by atomic mass is 10.1. The van der Waals surface area contributed by atoms with Gasteiger partial charge in [0.25, 0.3) is 5.91 Å². The van der Waals surface area contributed by atoms with E-state index in [0.717, 1.165) is 12.3 Å². The number of amides is 1.